The van der Waals surface area contributed by atoms with Gasteiger partial charge in [-0.15, -0.1) is 11.3 Å². The summed E-state index contributed by atoms with van der Waals surface area (Å²) in [6.07, 6.45) is 6.61. The van der Waals surface area contributed by atoms with E-state index in [0.717, 1.165) is 30.4 Å². The number of hydrogen-bond acceptors (Lipinski definition) is 4. The summed E-state index contributed by atoms with van der Waals surface area (Å²) in [5, 5.41) is 3.53. The summed E-state index contributed by atoms with van der Waals surface area (Å²) in [5.41, 5.74) is 2.73. The second-order valence-electron chi connectivity index (χ2n) is 6.64. The molecule has 2 aromatic heterocycles. The number of carbonyl (C=O) groups is 2. The zero-order valence-electron chi connectivity index (χ0n) is 14.8. The number of esters is 1. The van der Waals surface area contributed by atoms with Crippen LogP contribution in [0.25, 0.3) is 0 Å². The Kier molecular flexibility index (Phi) is 5.18. The van der Waals surface area contributed by atoms with E-state index in [0.29, 0.717) is 16.5 Å². The van der Waals surface area contributed by atoms with Crippen molar-refractivity contribution in [3.8, 4) is 0 Å². The molecule has 1 N–H and O–H groups in total. The highest BCUT2D eigenvalue weighted by Gasteiger charge is 2.29. The maximum atomic E-state index is 12.4. The molecule has 1 amide bonds. The van der Waals surface area contributed by atoms with Gasteiger partial charge in [-0.2, -0.15) is 4.57 Å². The maximum Gasteiger partial charge on any atom is 0.341 e. The number of methoxy groups -OCH3 is 1. The summed E-state index contributed by atoms with van der Waals surface area (Å²) in [7, 11) is 1.38. The molecular weight excluding hydrogens is 336 g/mol. The van der Waals surface area contributed by atoms with E-state index in [2.05, 4.69) is 12.2 Å². The second-order valence-corrected chi connectivity index (χ2v) is 7.75. The van der Waals surface area contributed by atoms with Gasteiger partial charge in [-0.3, -0.25) is 4.79 Å². The van der Waals surface area contributed by atoms with E-state index in [4.69, 9.17) is 4.74 Å². The molecule has 0 saturated heterocycles. The number of hydrogen-bond donors (Lipinski definition) is 1. The summed E-state index contributed by atoms with van der Waals surface area (Å²) in [6, 6.07) is 3.91. The Labute approximate surface area is 151 Å². The smallest absolute Gasteiger partial charge is 0.341 e. The molecule has 1 atom stereocenters. The first-order valence-corrected chi connectivity index (χ1v) is 9.28. The van der Waals surface area contributed by atoms with E-state index in [1.807, 2.05) is 36.0 Å². The number of amides is 1. The molecule has 2 aromatic rings. The summed E-state index contributed by atoms with van der Waals surface area (Å²) >= 11 is 1.51. The quantitative estimate of drug-likeness (QED) is 0.674. The highest BCUT2D eigenvalue weighted by Crippen LogP contribution is 2.39. The Morgan fingerprint density at radius 3 is 2.76 bits per heavy atom. The first kappa shape index (κ1) is 17.6. The van der Waals surface area contributed by atoms with Gasteiger partial charge >= 0.3 is 5.97 Å². The molecule has 1 aliphatic carbocycles. The number of fused-ring (bicyclic) bond motifs is 1. The van der Waals surface area contributed by atoms with Crippen molar-refractivity contribution < 1.29 is 18.9 Å². The van der Waals surface area contributed by atoms with Crippen LogP contribution in [0.5, 0.6) is 0 Å². The lowest BCUT2D eigenvalue weighted by Gasteiger charge is -2.18. The number of pyridine rings is 1. The molecule has 5 nitrogen and oxygen atoms in total. The third kappa shape index (κ3) is 3.90. The van der Waals surface area contributed by atoms with Gasteiger partial charge in [0.05, 0.1) is 12.7 Å². The number of carbonyl (C=O) groups excluding carboxylic acids is 2. The van der Waals surface area contributed by atoms with Crippen molar-refractivity contribution in [1.82, 2.24) is 0 Å². The van der Waals surface area contributed by atoms with E-state index in [1.54, 1.807) is 0 Å². The molecule has 0 aromatic carbocycles. The van der Waals surface area contributed by atoms with E-state index in [1.165, 1.54) is 23.3 Å². The Hall–Kier alpha value is -2.21. The molecule has 0 unspecified atom stereocenters. The van der Waals surface area contributed by atoms with Gasteiger partial charge in [-0.25, -0.2) is 4.79 Å². The van der Waals surface area contributed by atoms with Crippen LogP contribution in [0.15, 0.2) is 24.5 Å². The predicted molar refractivity (Wildman–Crippen MR) is 96.9 cm³/mol. The molecule has 0 spiro atoms. The monoisotopic (exact) mass is 359 g/mol. The third-order valence-corrected chi connectivity index (χ3v) is 5.71. The van der Waals surface area contributed by atoms with Crippen molar-refractivity contribution in [2.24, 2.45) is 5.92 Å². The largest absolute Gasteiger partial charge is 0.465 e. The SMILES string of the molecule is COC(=O)c1c(NC(=O)C[n+]2ccc(C)cc2)sc2c1CC[C@@H](C)C2. The van der Waals surface area contributed by atoms with Crippen LogP contribution in [-0.2, 0) is 28.9 Å². The molecule has 0 bridgehead atoms. The first-order chi connectivity index (χ1) is 12.0. The number of thiophene rings is 1. The van der Waals surface area contributed by atoms with Crippen LogP contribution in [0.1, 0.15) is 39.7 Å². The van der Waals surface area contributed by atoms with Crippen LogP contribution in [0.3, 0.4) is 0 Å². The van der Waals surface area contributed by atoms with Crippen LogP contribution in [0.2, 0.25) is 0 Å². The average Bonchev–Trinajstić information content (AvgIpc) is 2.92. The number of rotatable bonds is 4. The third-order valence-electron chi connectivity index (χ3n) is 4.54. The summed E-state index contributed by atoms with van der Waals surface area (Å²) in [6.45, 7) is 4.43. The van der Waals surface area contributed by atoms with Gasteiger partial charge in [0.1, 0.15) is 5.00 Å². The molecule has 6 heteroatoms. The van der Waals surface area contributed by atoms with Gasteiger partial charge in [0.25, 0.3) is 5.91 Å². The van der Waals surface area contributed by atoms with E-state index in [-0.39, 0.29) is 18.4 Å². The highest BCUT2D eigenvalue weighted by atomic mass is 32.1. The number of ether oxygens (including phenoxy) is 1. The van der Waals surface area contributed by atoms with Gasteiger partial charge in [-0.1, -0.05) is 6.92 Å². The normalized spacial score (nSPS) is 16.2. The van der Waals surface area contributed by atoms with Gasteiger partial charge in [0.15, 0.2) is 12.4 Å². The van der Waals surface area contributed by atoms with Crippen molar-refractivity contribution in [1.29, 1.82) is 0 Å². The molecule has 0 fully saturated rings. The van der Waals surface area contributed by atoms with Crippen molar-refractivity contribution in [3.05, 3.63) is 46.1 Å². The minimum atomic E-state index is -0.370. The Morgan fingerprint density at radius 2 is 2.08 bits per heavy atom. The minimum absolute atomic E-state index is 0.148. The lowest BCUT2D eigenvalue weighted by molar-refractivity contribution is -0.684. The number of nitrogens with zero attached hydrogens (tertiary/aromatic N) is 1. The molecule has 0 saturated carbocycles. The van der Waals surface area contributed by atoms with Gasteiger partial charge in [-0.05, 0) is 43.2 Å². The highest BCUT2D eigenvalue weighted by molar-refractivity contribution is 7.17. The average molecular weight is 359 g/mol. The minimum Gasteiger partial charge on any atom is -0.465 e. The molecule has 3 rings (SSSR count). The van der Waals surface area contributed by atoms with Crippen molar-refractivity contribution in [2.75, 3.05) is 12.4 Å². The summed E-state index contributed by atoms with van der Waals surface area (Å²) < 4.78 is 6.77. The standard InChI is InChI=1S/C19H22N2O3S/c1-12-6-8-21(9-7-12)11-16(22)20-18-17(19(23)24-3)14-5-4-13(2)10-15(14)25-18/h6-9,13H,4-5,10-11H2,1-3H3/p+1/t13-/m1/s1. The molecule has 2 heterocycles. The van der Waals surface area contributed by atoms with E-state index < -0.39 is 0 Å². The first-order valence-electron chi connectivity index (χ1n) is 8.46. The summed E-state index contributed by atoms with van der Waals surface area (Å²) in [4.78, 5) is 25.9. The Balaban J connectivity index is 1.82. The Morgan fingerprint density at radius 1 is 1.36 bits per heavy atom. The van der Waals surface area contributed by atoms with Crippen LogP contribution in [0, 0.1) is 12.8 Å². The number of anilines is 1. The number of nitrogens with one attached hydrogen (secondary N) is 1. The second kappa shape index (κ2) is 7.35. The Bertz CT molecular complexity index is 796. The number of aryl methyl sites for hydroxylation is 1. The van der Waals surface area contributed by atoms with Crippen LogP contribution in [0.4, 0.5) is 5.00 Å². The topological polar surface area (TPSA) is 59.3 Å². The lowest BCUT2D eigenvalue weighted by Crippen LogP contribution is -2.39. The fourth-order valence-electron chi connectivity index (χ4n) is 3.13. The zero-order chi connectivity index (χ0) is 18.0. The molecule has 0 aliphatic heterocycles. The predicted octanol–water partition coefficient (Wildman–Crippen LogP) is 2.89. The molecule has 132 valence electrons. The molecule has 25 heavy (non-hydrogen) atoms. The van der Waals surface area contributed by atoms with Crippen LogP contribution in [-0.4, -0.2) is 19.0 Å². The van der Waals surface area contributed by atoms with E-state index in [9.17, 15) is 9.59 Å². The van der Waals surface area contributed by atoms with Gasteiger partial charge in [0.2, 0.25) is 6.54 Å². The van der Waals surface area contributed by atoms with Crippen molar-refractivity contribution in [3.63, 3.8) is 0 Å². The molecular formula is C19H23N2O3S+. The maximum absolute atomic E-state index is 12.4. The van der Waals surface area contributed by atoms with Crippen molar-refractivity contribution in [2.45, 2.75) is 39.7 Å². The summed E-state index contributed by atoms with van der Waals surface area (Å²) in [5.74, 6) is 0.0827. The molecule has 0 radical (unpaired) electrons. The van der Waals surface area contributed by atoms with Crippen molar-refractivity contribution >= 4 is 28.2 Å². The van der Waals surface area contributed by atoms with Gasteiger partial charge in [0, 0.05) is 17.0 Å². The zero-order valence-corrected chi connectivity index (χ0v) is 15.6. The van der Waals surface area contributed by atoms with Crippen LogP contribution >= 0.6 is 11.3 Å². The fraction of sp³-hybridized carbons (Fsp3) is 0.421. The number of aromatic nitrogens is 1. The lowest BCUT2D eigenvalue weighted by atomic mass is 9.88. The fourth-order valence-corrected chi connectivity index (χ4v) is 4.54. The van der Waals surface area contributed by atoms with Gasteiger partial charge < -0.3 is 10.1 Å². The molecule has 1 aliphatic rings. The van der Waals surface area contributed by atoms with E-state index >= 15 is 0 Å². The van der Waals surface area contributed by atoms with Crippen LogP contribution < -0.4 is 9.88 Å².